The second kappa shape index (κ2) is 19.2. The summed E-state index contributed by atoms with van der Waals surface area (Å²) in [6, 6.07) is 76.6. The summed E-state index contributed by atoms with van der Waals surface area (Å²) in [5, 5.41) is 22.0. The fourth-order valence-electron chi connectivity index (χ4n) is 12.7. The van der Waals surface area contributed by atoms with E-state index in [2.05, 4.69) is 271 Å². The Hall–Kier alpha value is -9.12. The zero-order chi connectivity index (χ0) is 53.5. The van der Waals surface area contributed by atoms with E-state index in [0.29, 0.717) is 17.5 Å². The quantitative estimate of drug-likeness (QED) is 0.131. The maximum Gasteiger partial charge on any atom is 0.159 e. The van der Waals surface area contributed by atoms with E-state index in [-0.39, 0.29) is 5.75 Å². The molecule has 1 heterocycles. The fraction of sp³-hybridized carbons (Fsp3) is 0.135. The Morgan fingerprint density at radius 3 is 1.36 bits per heavy atom. The van der Waals surface area contributed by atoms with Crippen molar-refractivity contribution < 1.29 is 9.52 Å². The van der Waals surface area contributed by atoms with Crippen molar-refractivity contribution in [3.8, 4) is 39.1 Å². The minimum absolute atomic E-state index is 0.225. The first kappa shape index (κ1) is 48.5. The van der Waals surface area contributed by atoms with E-state index >= 15 is 0 Å². The molecule has 0 aliphatic heterocycles. The lowest BCUT2D eigenvalue weighted by atomic mass is 9.90. The van der Waals surface area contributed by atoms with Gasteiger partial charge in [0.15, 0.2) is 5.58 Å². The summed E-state index contributed by atoms with van der Waals surface area (Å²) in [5.41, 5.74) is 21.2. The molecule has 0 radical (unpaired) electrons. The molecule has 0 aliphatic rings. The van der Waals surface area contributed by atoms with Gasteiger partial charge in [0.05, 0.1) is 34.1 Å². The highest BCUT2D eigenvalue weighted by atomic mass is 16.3. The van der Waals surface area contributed by atoms with Crippen LogP contribution in [0.5, 0.6) is 5.75 Å². The number of phenols is 1. The summed E-state index contributed by atoms with van der Waals surface area (Å²) >= 11 is 0. The maximum atomic E-state index is 12.9. The van der Waals surface area contributed by atoms with E-state index in [1.807, 2.05) is 6.07 Å². The van der Waals surface area contributed by atoms with Gasteiger partial charge in [-0.25, -0.2) is 0 Å². The molecule has 1 aromatic heterocycles. The Morgan fingerprint density at radius 2 is 0.769 bits per heavy atom. The molecule has 0 fully saturated rings. The van der Waals surface area contributed by atoms with Gasteiger partial charge >= 0.3 is 0 Å². The number of phenolic OH excluding ortho intramolecular Hbond substituents is 1. The SMILES string of the molecule is Cc1cccc(C)c1N(c1cccc(-c2cccc(-c3ccccc3C(C)C)c2)c1O)c1ccc2ccc3c(N(c4c(C)cccc4C)c4cccc5c4oc4c(-c6ccccc6C(C)C)cccc45)ccc4ccc1c2c43. The summed E-state index contributed by atoms with van der Waals surface area (Å²) < 4.78 is 7.30. The van der Waals surface area contributed by atoms with Crippen LogP contribution in [0.3, 0.4) is 0 Å². The third-order valence-electron chi connectivity index (χ3n) is 16.4. The monoisotopic (exact) mass is 1010 g/mol. The van der Waals surface area contributed by atoms with Gasteiger partial charge in [0.1, 0.15) is 11.3 Å². The van der Waals surface area contributed by atoms with E-state index in [1.54, 1.807) is 0 Å². The highest BCUT2D eigenvalue weighted by Crippen LogP contribution is 2.53. The van der Waals surface area contributed by atoms with Crippen molar-refractivity contribution in [3.05, 3.63) is 246 Å². The maximum absolute atomic E-state index is 12.9. The van der Waals surface area contributed by atoms with Crippen molar-refractivity contribution in [3.63, 3.8) is 0 Å². The van der Waals surface area contributed by atoms with Crippen molar-refractivity contribution in [1.82, 2.24) is 0 Å². The van der Waals surface area contributed by atoms with Gasteiger partial charge in [-0.15, -0.1) is 0 Å². The summed E-state index contributed by atoms with van der Waals surface area (Å²) in [6.45, 7) is 17.8. The van der Waals surface area contributed by atoms with Gasteiger partial charge in [-0.1, -0.05) is 210 Å². The molecule has 380 valence electrons. The second-order valence-corrected chi connectivity index (χ2v) is 21.9. The Bertz CT molecular complexity index is 4440. The molecule has 13 rings (SSSR count). The van der Waals surface area contributed by atoms with E-state index < -0.39 is 0 Å². The minimum Gasteiger partial charge on any atom is -0.505 e. The number of aromatic hydroxyl groups is 1. The number of para-hydroxylation sites is 5. The first-order valence-corrected chi connectivity index (χ1v) is 27.4. The number of aryl methyl sites for hydroxylation is 4. The van der Waals surface area contributed by atoms with Gasteiger partial charge in [0.2, 0.25) is 0 Å². The van der Waals surface area contributed by atoms with Crippen molar-refractivity contribution in [2.75, 3.05) is 9.80 Å². The number of benzene rings is 12. The molecule has 0 spiro atoms. The van der Waals surface area contributed by atoms with Crippen LogP contribution in [-0.2, 0) is 0 Å². The topological polar surface area (TPSA) is 39.9 Å². The molecule has 13 aromatic rings. The smallest absolute Gasteiger partial charge is 0.159 e. The number of hydrogen-bond acceptors (Lipinski definition) is 4. The lowest BCUT2D eigenvalue weighted by Gasteiger charge is -2.32. The van der Waals surface area contributed by atoms with Gasteiger partial charge < -0.3 is 19.3 Å². The summed E-state index contributed by atoms with van der Waals surface area (Å²) in [7, 11) is 0. The molecule has 0 atom stereocenters. The Kier molecular flexibility index (Phi) is 11.9. The lowest BCUT2D eigenvalue weighted by Crippen LogP contribution is -2.14. The zero-order valence-electron chi connectivity index (χ0n) is 45.6. The van der Waals surface area contributed by atoms with Gasteiger partial charge in [-0.05, 0) is 147 Å². The zero-order valence-corrected chi connectivity index (χ0v) is 45.6. The fourth-order valence-corrected chi connectivity index (χ4v) is 12.7. The van der Waals surface area contributed by atoms with Crippen LogP contribution in [0.25, 0.3) is 87.6 Å². The van der Waals surface area contributed by atoms with Crippen LogP contribution >= 0.6 is 0 Å². The molecule has 0 saturated carbocycles. The molecule has 0 unspecified atom stereocenters. The van der Waals surface area contributed by atoms with Crippen LogP contribution in [0.15, 0.2) is 217 Å². The van der Waals surface area contributed by atoms with Crippen molar-refractivity contribution in [2.45, 2.75) is 67.2 Å². The number of anilines is 6. The number of rotatable bonds is 11. The van der Waals surface area contributed by atoms with Crippen LogP contribution in [-0.4, -0.2) is 5.11 Å². The Morgan fingerprint density at radius 1 is 0.346 bits per heavy atom. The lowest BCUT2D eigenvalue weighted by molar-refractivity contribution is 0.478. The minimum atomic E-state index is 0.225. The predicted octanol–water partition coefficient (Wildman–Crippen LogP) is 21.6. The molecular formula is C74H62N2O2. The molecular weight excluding hydrogens is 949 g/mol. The number of hydrogen-bond donors (Lipinski definition) is 1. The van der Waals surface area contributed by atoms with E-state index in [0.717, 1.165) is 105 Å². The molecule has 0 bridgehead atoms. The Balaban J connectivity index is 1.03. The third-order valence-corrected chi connectivity index (χ3v) is 16.4. The normalized spacial score (nSPS) is 11.9. The highest BCUT2D eigenvalue weighted by Gasteiger charge is 2.28. The second-order valence-electron chi connectivity index (χ2n) is 21.9. The molecule has 78 heavy (non-hydrogen) atoms. The molecule has 1 N–H and O–H groups in total. The van der Waals surface area contributed by atoms with Gasteiger partial charge in [-0.2, -0.15) is 0 Å². The van der Waals surface area contributed by atoms with Crippen molar-refractivity contribution >= 4 is 88.4 Å². The molecule has 0 amide bonds. The highest BCUT2D eigenvalue weighted by molar-refractivity contribution is 6.28. The van der Waals surface area contributed by atoms with Crippen molar-refractivity contribution in [2.24, 2.45) is 0 Å². The predicted molar refractivity (Wildman–Crippen MR) is 332 cm³/mol. The van der Waals surface area contributed by atoms with Crippen LogP contribution in [0.1, 0.15) is 72.9 Å². The molecule has 0 aliphatic carbocycles. The first-order valence-electron chi connectivity index (χ1n) is 27.4. The molecule has 0 saturated heterocycles. The van der Waals surface area contributed by atoms with E-state index in [9.17, 15) is 5.11 Å². The van der Waals surface area contributed by atoms with Crippen LogP contribution in [0, 0.1) is 27.7 Å². The van der Waals surface area contributed by atoms with E-state index in [4.69, 9.17) is 4.42 Å². The summed E-state index contributed by atoms with van der Waals surface area (Å²) in [6.07, 6.45) is 0. The van der Waals surface area contributed by atoms with Gasteiger partial charge in [0.25, 0.3) is 0 Å². The number of fused-ring (bicyclic) bond motifs is 3. The number of furan rings is 1. The number of nitrogens with zero attached hydrogens (tertiary/aromatic N) is 2. The first-order chi connectivity index (χ1) is 38.0. The van der Waals surface area contributed by atoms with Crippen LogP contribution < -0.4 is 9.80 Å². The third kappa shape index (κ3) is 7.80. The largest absolute Gasteiger partial charge is 0.505 e. The summed E-state index contributed by atoms with van der Waals surface area (Å²) in [5.74, 6) is 0.940. The summed E-state index contributed by atoms with van der Waals surface area (Å²) in [4.78, 5) is 4.75. The molecule has 4 heteroatoms. The van der Waals surface area contributed by atoms with Crippen molar-refractivity contribution in [1.29, 1.82) is 0 Å². The standard InChI is InChI=1S/C74H62N2O2/c1-44(2)54-25-9-11-27-56(54)52-23-15-24-53(43-52)57-29-17-33-66(72(57)77)75(70-46(5)19-13-20-47(70)6)64-41-37-50-36-40-63-65(42-38-51-35-39-62(64)68(50)69(51)63)76(71-48(7)21-14-22-49(71)8)67-34-18-32-61-60-31-16-30-59(73(60)78-74(61)67)58-28-12-10-26-55(58)45(3)4/h9-45,77H,1-8H3. The van der Waals surface area contributed by atoms with Crippen LogP contribution in [0.2, 0.25) is 0 Å². The molecule has 4 nitrogen and oxygen atoms in total. The molecule has 12 aromatic carbocycles. The average molecular weight is 1010 g/mol. The Labute approximate surface area is 457 Å². The van der Waals surface area contributed by atoms with Gasteiger partial charge in [0, 0.05) is 32.7 Å². The van der Waals surface area contributed by atoms with Crippen LogP contribution in [0.4, 0.5) is 34.1 Å². The average Bonchev–Trinajstić information content (AvgIpc) is 3.99. The van der Waals surface area contributed by atoms with E-state index in [1.165, 1.54) is 44.2 Å². The van der Waals surface area contributed by atoms with Gasteiger partial charge in [-0.3, -0.25) is 0 Å².